The van der Waals surface area contributed by atoms with Gasteiger partial charge < -0.3 is 0 Å². The van der Waals surface area contributed by atoms with E-state index in [4.69, 9.17) is 5.26 Å². The second kappa shape index (κ2) is 10.2. The molecule has 1 nitrogen and oxygen atoms in total. The third-order valence-corrected chi connectivity index (χ3v) is 8.49. The van der Waals surface area contributed by atoms with Crippen LogP contribution in [0, 0.1) is 57.8 Å². The summed E-state index contributed by atoms with van der Waals surface area (Å²) in [5.41, 5.74) is 2.80. The lowest BCUT2D eigenvalue weighted by Crippen LogP contribution is -2.26. The van der Waals surface area contributed by atoms with Gasteiger partial charge in [0.1, 0.15) is 17.0 Å². The van der Waals surface area contributed by atoms with Crippen molar-refractivity contribution in [1.29, 1.82) is 5.26 Å². The molecule has 0 N–H and O–H groups in total. The smallest absolute Gasteiger partial charge is 0.142 e. The Balaban J connectivity index is 1.34. The van der Waals surface area contributed by atoms with Gasteiger partial charge >= 0.3 is 0 Å². The van der Waals surface area contributed by atoms with Crippen LogP contribution in [0.4, 0.5) is 8.78 Å². The second-order valence-corrected chi connectivity index (χ2v) is 10.6. The fourth-order valence-electron chi connectivity index (χ4n) is 5.75. The molecule has 3 aliphatic rings. The minimum atomic E-state index is -0.724. The van der Waals surface area contributed by atoms with Gasteiger partial charge in [-0.25, -0.2) is 8.78 Å². The first-order valence-corrected chi connectivity index (χ1v) is 12.6. The van der Waals surface area contributed by atoms with Crippen molar-refractivity contribution in [3.63, 3.8) is 0 Å². The summed E-state index contributed by atoms with van der Waals surface area (Å²) >= 11 is 0.502. The summed E-state index contributed by atoms with van der Waals surface area (Å²) < 4.78 is 28.1. The molecule has 1 unspecified atom stereocenters. The van der Waals surface area contributed by atoms with Crippen molar-refractivity contribution < 1.29 is 8.78 Å². The van der Waals surface area contributed by atoms with E-state index in [1.54, 1.807) is 5.40 Å². The van der Waals surface area contributed by atoms with Crippen LogP contribution in [0.5, 0.6) is 0 Å². The Morgan fingerprint density at radius 2 is 1.61 bits per heavy atom. The number of halogens is 2. The van der Waals surface area contributed by atoms with Crippen molar-refractivity contribution in [2.45, 2.75) is 82.4 Å². The SMILES string of the molecule is CC1=C(C#Cc2cc(F)c(SC#N)c(F)c2)CCC(C2CCC(CC3CCC3)CC2)C1. The summed E-state index contributed by atoms with van der Waals surface area (Å²) in [6.45, 7) is 2.17. The quantitative estimate of drug-likeness (QED) is 0.269. The second-order valence-electron chi connectivity index (χ2n) is 9.79. The molecule has 0 radical (unpaired) electrons. The molecule has 1 atom stereocenters. The molecule has 0 aromatic heterocycles. The molecule has 0 aliphatic heterocycles. The lowest BCUT2D eigenvalue weighted by atomic mass is 9.67. The Bertz CT molecular complexity index is 913. The highest BCUT2D eigenvalue weighted by atomic mass is 32.2. The summed E-state index contributed by atoms with van der Waals surface area (Å²) in [5.74, 6) is 8.32. The van der Waals surface area contributed by atoms with Gasteiger partial charge in [0, 0.05) is 11.1 Å². The number of benzene rings is 1. The third kappa shape index (κ3) is 5.53. The van der Waals surface area contributed by atoms with Crippen molar-refractivity contribution in [2.75, 3.05) is 0 Å². The Labute approximate surface area is 189 Å². The van der Waals surface area contributed by atoms with E-state index in [1.165, 1.54) is 75.5 Å². The highest BCUT2D eigenvalue weighted by Crippen LogP contribution is 2.44. The van der Waals surface area contributed by atoms with E-state index in [1.807, 2.05) is 0 Å². The lowest BCUT2D eigenvalue weighted by molar-refractivity contribution is 0.154. The van der Waals surface area contributed by atoms with Crippen LogP contribution in [0.25, 0.3) is 0 Å². The maximum absolute atomic E-state index is 14.0. The molecule has 2 fully saturated rings. The molecule has 1 aromatic carbocycles. The van der Waals surface area contributed by atoms with Crippen molar-refractivity contribution in [3.8, 4) is 17.2 Å². The van der Waals surface area contributed by atoms with Crippen LogP contribution < -0.4 is 0 Å². The van der Waals surface area contributed by atoms with Crippen molar-refractivity contribution in [1.82, 2.24) is 0 Å². The van der Waals surface area contributed by atoms with Crippen molar-refractivity contribution in [2.24, 2.45) is 23.7 Å². The first-order chi connectivity index (χ1) is 15.0. The molecule has 2 saturated carbocycles. The number of nitriles is 1. The normalized spacial score (nSPS) is 26.6. The molecule has 0 bridgehead atoms. The summed E-state index contributed by atoms with van der Waals surface area (Å²) in [6.07, 6.45) is 14.8. The highest BCUT2D eigenvalue weighted by Gasteiger charge is 2.31. The van der Waals surface area contributed by atoms with Gasteiger partial charge in [-0.1, -0.05) is 49.5 Å². The molecule has 4 heteroatoms. The number of thioether (sulfide) groups is 1. The topological polar surface area (TPSA) is 23.8 Å². The van der Waals surface area contributed by atoms with Gasteiger partial charge in [0.05, 0.1) is 4.90 Å². The van der Waals surface area contributed by atoms with E-state index in [2.05, 4.69) is 18.8 Å². The van der Waals surface area contributed by atoms with Crippen LogP contribution >= 0.6 is 11.8 Å². The van der Waals surface area contributed by atoms with E-state index in [9.17, 15) is 8.78 Å². The standard InChI is InChI=1S/C27H31F2NS/c1-18-13-24(23-9-5-20(6-10-23)14-19-3-2-4-19)12-11-22(18)8-7-21-15-25(28)27(31-17-30)26(29)16-21/h15-16,19-20,23-24H,2-6,9-14H2,1H3. The monoisotopic (exact) mass is 439 g/mol. The number of nitrogens with zero attached hydrogens (tertiary/aromatic N) is 1. The van der Waals surface area contributed by atoms with Gasteiger partial charge in [-0.15, -0.1) is 0 Å². The van der Waals surface area contributed by atoms with Gasteiger partial charge in [-0.05, 0) is 93.0 Å². The third-order valence-electron chi connectivity index (χ3n) is 7.80. The van der Waals surface area contributed by atoms with E-state index in [0.717, 1.165) is 42.1 Å². The molecule has 4 rings (SSSR count). The first kappa shape index (κ1) is 22.4. The van der Waals surface area contributed by atoms with Gasteiger partial charge in [0.2, 0.25) is 0 Å². The Kier molecular flexibility index (Phi) is 7.39. The Hall–Kier alpha value is -1.78. The number of hydrogen-bond donors (Lipinski definition) is 0. The Morgan fingerprint density at radius 3 is 2.19 bits per heavy atom. The number of thiocyanates is 1. The van der Waals surface area contributed by atoms with Crippen LogP contribution in [0.2, 0.25) is 0 Å². The average molecular weight is 440 g/mol. The van der Waals surface area contributed by atoms with Crippen molar-refractivity contribution >= 4 is 11.8 Å². The van der Waals surface area contributed by atoms with Gasteiger partial charge in [-0.2, -0.15) is 5.26 Å². The van der Waals surface area contributed by atoms with E-state index >= 15 is 0 Å². The minimum Gasteiger partial charge on any atom is -0.206 e. The van der Waals surface area contributed by atoms with Crippen LogP contribution in [0.15, 0.2) is 28.2 Å². The minimum absolute atomic E-state index is 0.258. The predicted molar refractivity (Wildman–Crippen MR) is 122 cm³/mol. The highest BCUT2D eigenvalue weighted by molar-refractivity contribution is 8.03. The molecule has 0 amide bonds. The Morgan fingerprint density at radius 1 is 0.935 bits per heavy atom. The van der Waals surface area contributed by atoms with Crippen LogP contribution in [-0.4, -0.2) is 0 Å². The average Bonchev–Trinajstić information content (AvgIpc) is 2.73. The fraction of sp³-hybridized carbons (Fsp3) is 0.593. The molecule has 3 aliphatic carbocycles. The van der Waals surface area contributed by atoms with E-state index in [0.29, 0.717) is 17.3 Å². The van der Waals surface area contributed by atoms with Crippen molar-refractivity contribution in [3.05, 3.63) is 40.5 Å². The van der Waals surface area contributed by atoms with Gasteiger partial charge in [0.25, 0.3) is 0 Å². The maximum Gasteiger partial charge on any atom is 0.142 e. The van der Waals surface area contributed by atoms with Crippen LogP contribution in [0.3, 0.4) is 0 Å². The lowest BCUT2D eigenvalue weighted by Gasteiger charge is -2.38. The zero-order valence-electron chi connectivity index (χ0n) is 18.4. The first-order valence-electron chi connectivity index (χ1n) is 11.8. The number of hydrogen-bond acceptors (Lipinski definition) is 2. The van der Waals surface area contributed by atoms with Gasteiger partial charge in [-0.3, -0.25) is 0 Å². The largest absolute Gasteiger partial charge is 0.206 e. The molecule has 1 aromatic rings. The zero-order chi connectivity index (χ0) is 21.8. The molecular weight excluding hydrogens is 408 g/mol. The van der Waals surface area contributed by atoms with E-state index in [-0.39, 0.29) is 4.90 Å². The number of allylic oxidation sites excluding steroid dienone is 2. The summed E-state index contributed by atoms with van der Waals surface area (Å²) in [6, 6.07) is 2.44. The summed E-state index contributed by atoms with van der Waals surface area (Å²) in [4.78, 5) is -0.258. The number of rotatable bonds is 4. The zero-order valence-corrected chi connectivity index (χ0v) is 19.2. The maximum atomic E-state index is 14.0. The molecule has 0 heterocycles. The summed E-state index contributed by atoms with van der Waals surface area (Å²) in [7, 11) is 0. The van der Waals surface area contributed by atoms with Gasteiger partial charge in [0.15, 0.2) is 0 Å². The fourth-order valence-corrected chi connectivity index (χ4v) is 6.16. The molecule has 31 heavy (non-hydrogen) atoms. The molecule has 0 saturated heterocycles. The van der Waals surface area contributed by atoms with Crippen LogP contribution in [0.1, 0.15) is 83.1 Å². The molecule has 0 spiro atoms. The predicted octanol–water partition coefficient (Wildman–Crippen LogP) is 8.00. The molecule has 164 valence electrons. The van der Waals surface area contributed by atoms with Crippen LogP contribution in [-0.2, 0) is 0 Å². The van der Waals surface area contributed by atoms with E-state index < -0.39 is 11.6 Å². The summed E-state index contributed by atoms with van der Waals surface area (Å²) in [5, 5.41) is 10.4. The molecular formula is C27H31F2NS.